The third kappa shape index (κ3) is 1.92. The molecule has 1 saturated carbocycles. The molecule has 2 aliphatic rings. The van der Waals surface area contributed by atoms with Crippen LogP contribution >= 0.6 is 15.9 Å². The van der Waals surface area contributed by atoms with E-state index in [0.29, 0.717) is 12.0 Å². The molecule has 1 atom stereocenters. The van der Waals surface area contributed by atoms with Crippen molar-refractivity contribution in [1.29, 1.82) is 0 Å². The van der Waals surface area contributed by atoms with E-state index in [4.69, 9.17) is 0 Å². The van der Waals surface area contributed by atoms with Crippen LogP contribution in [0.3, 0.4) is 0 Å². The molecule has 1 amide bonds. The van der Waals surface area contributed by atoms with Crippen molar-refractivity contribution in [1.82, 2.24) is 10.6 Å². The molecular weight excluding hydrogens is 294 g/mol. The van der Waals surface area contributed by atoms with Crippen molar-refractivity contribution in [3.8, 4) is 0 Å². The zero-order valence-corrected chi connectivity index (χ0v) is 11.6. The lowest BCUT2D eigenvalue weighted by atomic mass is 9.92. The first kappa shape index (κ1) is 11.7. The fourth-order valence-corrected chi connectivity index (χ4v) is 2.75. The van der Waals surface area contributed by atoms with Gasteiger partial charge < -0.3 is 5.32 Å². The number of nitrogens with zero attached hydrogens (tertiary/aromatic N) is 1. The molecule has 1 saturated heterocycles. The average Bonchev–Trinajstić information content (AvgIpc) is 3.07. The molecular formula is C13H14BrN3O. The highest BCUT2D eigenvalue weighted by molar-refractivity contribution is 9.10. The minimum absolute atomic E-state index is 0.0613. The number of halogens is 1. The molecule has 1 aromatic carbocycles. The number of amides is 1. The van der Waals surface area contributed by atoms with Gasteiger partial charge in [-0.05, 0) is 25.8 Å². The van der Waals surface area contributed by atoms with Crippen LogP contribution < -0.4 is 10.6 Å². The molecule has 0 aromatic heterocycles. The maximum Gasteiger partial charge on any atom is 0.256 e. The molecule has 1 unspecified atom stereocenters. The summed E-state index contributed by atoms with van der Waals surface area (Å²) in [4.78, 5) is 16.6. The smallest absolute Gasteiger partial charge is 0.256 e. The van der Waals surface area contributed by atoms with E-state index in [1.54, 1.807) is 0 Å². The Hall–Kier alpha value is -1.36. The molecule has 2 fully saturated rings. The van der Waals surface area contributed by atoms with Gasteiger partial charge in [0.15, 0.2) is 5.96 Å². The first-order valence-electron chi connectivity index (χ1n) is 6.02. The Balaban J connectivity index is 1.95. The first-order valence-corrected chi connectivity index (χ1v) is 6.81. The lowest BCUT2D eigenvalue weighted by Crippen LogP contribution is -2.41. The number of aliphatic imine (C=N–C) groups is 1. The Bertz CT molecular complexity index is 539. The fraction of sp³-hybridized carbons (Fsp3) is 0.385. The molecule has 1 aliphatic heterocycles. The molecule has 18 heavy (non-hydrogen) atoms. The third-order valence-corrected chi connectivity index (χ3v) is 4.02. The van der Waals surface area contributed by atoms with Crippen LogP contribution in [0.25, 0.3) is 0 Å². The predicted molar refractivity (Wildman–Crippen MR) is 73.2 cm³/mol. The van der Waals surface area contributed by atoms with Crippen molar-refractivity contribution in [3.63, 3.8) is 0 Å². The lowest BCUT2D eigenvalue weighted by molar-refractivity contribution is -0.123. The van der Waals surface area contributed by atoms with Crippen LogP contribution in [0.2, 0.25) is 0 Å². The second-order valence-electron chi connectivity index (χ2n) is 4.89. The zero-order chi connectivity index (χ0) is 12.8. The highest BCUT2D eigenvalue weighted by Gasteiger charge is 2.43. The van der Waals surface area contributed by atoms with E-state index in [9.17, 15) is 4.79 Å². The average molecular weight is 308 g/mol. The summed E-state index contributed by atoms with van der Waals surface area (Å²) < 4.78 is 0.919. The summed E-state index contributed by atoms with van der Waals surface area (Å²) >= 11 is 3.49. The quantitative estimate of drug-likeness (QED) is 0.877. The van der Waals surface area contributed by atoms with Crippen molar-refractivity contribution in [3.05, 3.63) is 34.3 Å². The third-order valence-electron chi connectivity index (χ3n) is 3.33. The van der Waals surface area contributed by atoms with Gasteiger partial charge in [-0.1, -0.05) is 34.1 Å². The van der Waals surface area contributed by atoms with Gasteiger partial charge >= 0.3 is 0 Å². The molecule has 4 nitrogen and oxygen atoms in total. The topological polar surface area (TPSA) is 53.5 Å². The Kier molecular flexibility index (Phi) is 2.66. The summed E-state index contributed by atoms with van der Waals surface area (Å²) in [6, 6.07) is 8.12. The molecule has 5 heteroatoms. The summed E-state index contributed by atoms with van der Waals surface area (Å²) in [5.41, 5.74) is 0.164. The van der Waals surface area contributed by atoms with Gasteiger partial charge in [-0.15, -0.1) is 0 Å². The number of nitrogens with one attached hydrogen (secondary N) is 2. The largest absolute Gasteiger partial charge is 0.338 e. The van der Waals surface area contributed by atoms with Gasteiger partial charge in [-0.3, -0.25) is 10.1 Å². The molecule has 1 aromatic rings. The molecule has 0 bridgehead atoms. The van der Waals surface area contributed by atoms with E-state index in [1.807, 2.05) is 31.2 Å². The maximum absolute atomic E-state index is 12.2. The van der Waals surface area contributed by atoms with Crippen molar-refractivity contribution in [2.45, 2.75) is 31.3 Å². The Morgan fingerprint density at radius 2 is 2.11 bits per heavy atom. The molecule has 0 spiro atoms. The van der Waals surface area contributed by atoms with E-state index < -0.39 is 5.54 Å². The predicted octanol–water partition coefficient (Wildman–Crippen LogP) is 1.90. The normalized spacial score (nSPS) is 29.2. The number of hydrogen-bond acceptors (Lipinski definition) is 2. The number of hydrogen-bond donors (Lipinski definition) is 2. The van der Waals surface area contributed by atoms with Gasteiger partial charge in [0.2, 0.25) is 0 Å². The molecule has 1 aliphatic carbocycles. The molecule has 94 valence electrons. The Morgan fingerprint density at radius 3 is 2.78 bits per heavy atom. The van der Waals surface area contributed by atoms with Crippen molar-refractivity contribution in [2.24, 2.45) is 4.99 Å². The van der Waals surface area contributed by atoms with Crippen LogP contribution in [0.5, 0.6) is 0 Å². The van der Waals surface area contributed by atoms with Crippen LogP contribution in [0.4, 0.5) is 0 Å². The second-order valence-corrected chi connectivity index (χ2v) is 5.75. The number of benzene rings is 1. The molecule has 3 rings (SSSR count). The van der Waals surface area contributed by atoms with E-state index in [2.05, 4.69) is 31.6 Å². The van der Waals surface area contributed by atoms with Gasteiger partial charge in [-0.25, -0.2) is 4.99 Å². The van der Waals surface area contributed by atoms with Crippen LogP contribution in [0, 0.1) is 0 Å². The minimum Gasteiger partial charge on any atom is -0.338 e. The first-order chi connectivity index (χ1) is 8.59. The number of rotatable bonds is 2. The van der Waals surface area contributed by atoms with E-state index >= 15 is 0 Å². The van der Waals surface area contributed by atoms with Crippen LogP contribution in [0.1, 0.15) is 25.3 Å². The van der Waals surface area contributed by atoms with Crippen LogP contribution in [-0.2, 0) is 10.3 Å². The van der Waals surface area contributed by atoms with Crippen molar-refractivity contribution < 1.29 is 4.79 Å². The maximum atomic E-state index is 12.2. The van der Waals surface area contributed by atoms with Crippen LogP contribution in [-0.4, -0.2) is 17.9 Å². The zero-order valence-electron chi connectivity index (χ0n) is 10.0. The van der Waals surface area contributed by atoms with E-state index in [0.717, 1.165) is 22.9 Å². The second kappa shape index (κ2) is 4.09. The Morgan fingerprint density at radius 1 is 1.39 bits per heavy atom. The van der Waals surface area contributed by atoms with Crippen LogP contribution in [0.15, 0.2) is 33.7 Å². The highest BCUT2D eigenvalue weighted by Crippen LogP contribution is 2.31. The highest BCUT2D eigenvalue weighted by atomic mass is 79.9. The van der Waals surface area contributed by atoms with Gasteiger partial charge in [0.05, 0.1) is 6.04 Å². The van der Waals surface area contributed by atoms with Gasteiger partial charge in [0.1, 0.15) is 5.54 Å². The Labute approximate surface area is 114 Å². The van der Waals surface area contributed by atoms with Gasteiger partial charge in [0.25, 0.3) is 5.91 Å². The molecule has 1 heterocycles. The number of guanidine groups is 1. The van der Waals surface area contributed by atoms with E-state index in [-0.39, 0.29) is 5.91 Å². The van der Waals surface area contributed by atoms with Crippen molar-refractivity contribution >= 4 is 27.8 Å². The molecule has 0 radical (unpaired) electrons. The SMILES string of the molecule is CC1(c2ccccc2Br)NC(=NC2CC2)NC1=O. The summed E-state index contributed by atoms with van der Waals surface area (Å²) in [6.45, 7) is 1.87. The summed E-state index contributed by atoms with van der Waals surface area (Å²) in [6.07, 6.45) is 2.24. The number of carbonyl (C=O) groups excluding carboxylic acids is 1. The summed E-state index contributed by atoms with van der Waals surface area (Å²) in [5.74, 6) is 0.537. The van der Waals surface area contributed by atoms with Gasteiger partial charge in [0, 0.05) is 10.0 Å². The van der Waals surface area contributed by atoms with Gasteiger partial charge in [-0.2, -0.15) is 0 Å². The summed E-state index contributed by atoms with van der Waals surface area (Å²) in [7, 11) is 0. The number of carbonyl (C=O) groups is 1. The van der Waals surface area contributed by atoms with Crippen molar-refractivity contribution in [2.75, 3.05) is 0 Å². The fourth-order valence-electron chi connectivity index (χ4n) is 2.06. The lowest BCUT2D eigenvalue weighted by Gasteiger charge is -2.22. The standard InChI is InChI=1S/C13H14BrN3O/c1-13(9-4-2-3-5-10(9)14)11(18)16-12(17-13)15-8-6-7-8/h2-5,8H,6-7H2,1H3,(H2,15,16,17,18). The summed E-state index contributed by atoms with van der Waals surface area (Å²) in [5, 5.41) is 6.03. The minimum atomic E-state index is -0.756. The van der Waals surface area contributed by atoms with E-state index in [1.165, 1.54) is 0 Å². The monoisotopic (exact) mass is 307 g/mol. The molecule has 2 N–H and O–H groups in total.